The molecule has 6 nitrogen and oxygen atoms in total. The number of aromatic nitrogens is 2. The number of H-pyrrole nitrogens is 2. The Labute approximate surface area is 178 Å². The van der Waals surface area contributed by atoms with Gasteiger partial charge in [0.25, 0.3) is 11.1 Å². The van der Waals surface area contributed by atoms with E-state index in [9.17, 15) is 9.59 Å². The third kappa shape index (κ3) is 5.83. The van der Waals surface area contributed by atoms with Crippen LogP contribution in [0.15, 0.2) is 63.0 Å². The molecule has 3 aromatic rings. The first-order valence-corrected chi connectivity index (χ1v) is 10.4. The topological polar surface area (TPSA) is 92.8 Å². The minimum atomic E-state index is -0.404. The number of aromatic amines is 2. The van der Waals surface area contributed by atoms with Crippen LogP contribution in [0.4, 0.5) is 0 Å². The second kappa shape index (κ2) is 9.92. The quantitative estimate of drug-likeness (QED) is 0.588. The Morgan fingerprint density at radius 3 is 2.20 bits per heavy atom. The lowest BCUT2D eigenvalue weighted by atomic mass is 10.1. The summed E-state index contributed by atoms with van der Waals surface area (Å²) < 4.78 is 0. The van der Waals surface area contributed by atoms with Gasteiger partial charge < -0.3 is 14.9 Å². The summed E-state index contributed by atoms with van der Waals surface area (Å²) in [4.78, 5) is 33.4. The second-order valence-electron chi connectivity index (χ2n) is 6.98. The molecule has 2 aromatic carbocycles. The second-order valence-corrected chi connectivity index (χ2v) is 8.15. The zero-order chi connectivity index (χ0) is 21.5. The van der Waals surface area contributed by atoms with Crippen molar-refractivity contribution in [3.63, 3.8) is 0 Å². The van der Waals surface area contributed by atoms with Gasteiger partial charge in [0.1, 0.15) is 10.7 Å². The predicted octanol–water partition coefficient (Wildman–Crippen LogP) is 1.25. The Balaban J connectivity index is 1.87. The van der Waals surface area contributed by atoms with Gasteiger partial charge in [-0.3, -0.25) is 9.59 Å². The Kier molecular flexibility index (Phi) is 7.07. The first-order chi connectivity index (χ1) is 14.4. The Bertz CT molecular complexity index is 1300. The molecule has 0 spiro atoms. The van der Waals surface area contributed by atoms with Crippen LogP contribution in [0.2, 0.25) is 0 Å². The SMILES string of the molecule is CN(C)CCSc1ccc(/C=c2\[nH]c(=O)/c(=C/c3cccc(C#N)c3)[nH]c2=O)cc1. The van der Waals surface area contributed by atoms with Crippen molar-refractivity contribution in [1.29, 1.82) is 5.26 Å². The first kappa shape index (κ1) is 21.4. The van der Waals surface area contributed by atoms with E-state index in [4.69, 9.17) is 5.26 Å². The molecule has 0 aliphatic rings. The van der Waals surface area contributed by atoms with E-state index in [-0.39, 0.29) is 16.3 Å². The van der Waals surface area contributed by atoms with Crippen molar-refractivity contribution in [2.75, 3.05) is 26.4 Å². The summed E-state index contributed by atoms with van der Waals surface area (Å²) in [5, 5.41) is 9.32. The number of nitrogens with one attached hydrogen (secondary N) is 2. The van der Waals surface area contributed by atoms with Crippen LogP contribution in [-0.2, 0) is 0 Å². The lowest BCUT2D eigenvalue weighted by Gasteiger charge is -2.08. The molecule has 1 aromatic heterocycles. The molecule has 0 aliphatic heterocycles. The Hall–Kier alpha value is -3.34. The first-order valence-electron chi connectivity index (χ1n) is 9.38. The van der Waals surface area contributed by atoms with Gasteiger partial charge in [0.05, 0.1) is 11.6 Å². The van der Waals surface area contributed by atoms with Gasteiger partial charge in [-0.2, -0.15) is 5.26 Å². The average Bonchev–Trinajstić information content (AvgIpc) is 2.73. The van der Waals surface area contributed by atoms with Crippen LogP contribution in [0.5, 0.6) is 0 Å². The summed E-state index contributed by atoms with van der Waals surface area (Å²) in [5.74, 6) is 0.998. The lowest BCUT2D eigenvalue weighted by Crippen LogP contribution is -2.46. The van der Waals surface area contributed by atoms with Crippen molar-refractivity contribution < 1.29 is 0 Å². The molecule has 0 saturated heterocycles. The van der Waals surface area contributed by atoms with Crippen molar-refractivity contribution in [1.82, 2.24) is 14.9 Å². The molecule has 0 bridgehead atoms. The fourth-order valence-corrected chi connectivity index (χ4v) is 3.75. The van der Waals surface area contributed by atoms with Crippen LogP contribution >= 0.6 is 11.8 Å². The number of benzene rings is 2. The van der Waals surface area contributed by atoms with Gasteiger partial charge in [0.2, 0.25) is 0 Å². The summed E-state index contributed by atoms with van der Waals surface area (Å²) in [5.41, 5.74) is 1.18. The molecule has 3 rings (SSSR count). The van der Waals surface area contributed by atoms with Crippen molar-refractivity contribution in [2.45, 2.75) is 4.90 Å². The number of rotatable bonds is 6. The monoisotopic (exact) mass is 418 g/mol. The molecule has 0 amide bonds. The van der Waals surface area contributed by atoms with Crippen LogP contribution in [0.3, 0.4) is 0 Å². The van der Waals surface area contributed by atoms with Crippen LogP contribution in [0.25, 0.3) is 12.2 Å². The number of hydrogen-bond donors (Lipinski definition) is 2. The Morgan fingerprint density at radius 1 is 0.967 bits per heavy atom. The third-order valence-corrected chi connectivity index (χ3v) is 5.30. The van der Waals surface area contributed by atoms with Gasteiger partial charge in [0, 0.05) is 17.2 Å². The van der Waals surface area contributed by atoms with Gasteiger partial charge in [-0.1, -0.05) is 24.3 Å². The number of nitriles is 1. The maximum atomic E-state index is 12.4. The Morgan fingerprint density at radius 2 is 1.60 bits per heavy atom. The average molecular weight is 419 g/mol. The third-order valence-electron chi connectivity index (χ3n) is 4.31. The van der Waals surface area contributed by atoms with E-state index in [0.717, 1.165) is 22.8 Å². The van der Waals surface area contributed by atoms with E-state index in [1.54, 1.807) is 48.2 Å². The molecule has 2 N–H and O–H groups in total. The lowest BCUT2D eigenvalue weighted by molar-refractivity contribution is 0.437. The van der Waals surface area contributed by atoms with Crippen molar-refractivity contribution in [3.8, 4) is 6.07 Å². The molecular formula is C23H22N4O2S. The highest BCUT2D eigenvalue weighted by Crippen LogP contribution is 2.18. The van der Waals surface area contributed by atoms with Gasteiger partial charge in [-0.15, -0.1) is 11.8 Å². The van der Waals surface area contributed by atoms with Crippen LogP contribution in [0.1, 0.15) is 16.7 Å². The van der Waals surface area contributed by atoms with E-state index < -0.39 is 5.56 Å². The van der Waals surface area contributed by atoms with Crippen LogP contribution in [0, 0.1) is 11.3 Å². The highest BCUT2D eigenvalue weighted by molar-refractivity contribution is 7.99. The highest BCUT2D eigenvalue weighted by Gasteiger charge is 1.99. The molecule has 0 atom stereocenters. The van der Waals surface area contributed by atoms with E-state index >= 15 is 0 Å². The fraction of sp³-hybridized carbons (Fsp3) is 0.174. The van der Waals surface area contributed by atoms with Gasteiger partial charge in [-0.05, 0) is 61.6 Å². The van der Waals surface area contributed by atoms with E-state index in [1.807, 2.05) is 44.4 Å². The van der Waals surface area contributed by atoms with E-state index in [0.29, 0.717) is 11.1 Å². The van der Waals surface area contributed by atoms with Gasteiger partial charge in [-0.25, -0.2) is 0 Å². The molecule has 0 radical (unpaired) electrons. The zero-order valence-corrected chi connectivity index (χ0v) is 17.6. The van der Waals surface area contributed by atoms with Crippen LogP contribution < -0.4 is 21.8 Å². The predicted molar refractivity (Wildman–Crippen MR) is 121 cm³/mol. The molecule has 0 fully saturated rings. The number of nitrogens with zero attached hydrogens (tertiary/aromatic N) is 2. The van der Waals surface area contributed by atoms with Crippen molar-refractivity contribution in [2.24, 2.45) is 0 Å². The van der Waals surface area contributed by atoms with Crippen molar-refractivity contribution in [3.05, 3.63) is 96.6 Å². The fourth-order valence-electron chi connectivity index (χ4n) is 2.73. The minimum Gasteiger partial charge on any atom is -0.316 e. The summed E-state index contributed by atoms with van der Waals surface area (Å²) >= 11 is 1.77. The smallest absolute Gasteiger partial charge is 0.272 e. The minimum absolute atomic E-state index is 0.139. The molecule has 7 heteroatoms. The summed E-state index contributed by atoms with van der Waals surface area (Å²) in [6, 6.07) is 16.7. The maximum Gasteiger partial charge on any atom is 0.272 e. The molecule has 152 valence electrons. The molecule has 0 saturated carbocycles. The molecule has 30 heavy (non-hydrogen) atoms. The largest absolute Gasteiger partial charge is 0.316 e. The van der Waals surface area contributed by atoms with Gasteiger partial charge in [0.15, 0.2) is 0 Å². The van der Waals surface area contributed by atoms with Gasteiger partial charge >= 0.3 is 0 Å². The van der Waals surface area contributed by atoms with Crippen LogP contribution in [-0.4, -0.2) is 41.3 Å². The molecular weight excluding hydrogens is 396 g/mol. The zero-order valence-electron chi connectivity index (χ0n) is 16.8. The molecule has 0 aliphatic carbocycles. The summed E-state index contributed by atoms with van der Waals surface area (Å²) in [7, 11) is 4.09. The normalized spacial score (nSPS) is 12.3. The van der Waals surface area contributed by atoms with E-state index in [1.165, 1.54) is 0 Å². The summed E-state index contributed by atoms with van der Waals surface area (Å²) in [6.45, 7) is 0.999. The van der Waals surface area contributed by atoms with Crippen molar-refractivity contribution >= 4 is 23.9 Å². The number of hydrogen-bond acceptors (Lipinski definition) is 5. The molecule has 0 unspecified atom stereocenters. The highest BCUT2D eigenvalue weighted by atomic mass is 32.2. The standard InChI is InChI=1S/C23H22N4O2S/c1-27(2)10-11-30-19-8-6-16(7-9-19)13-20-22(28)26-21(23(29)25-20)14-17-4-3-5-18(12-17)15-24/h3-9,12-14H,10-11H2,1-2H3,(H,25,29)(H,26,28)/b20-13-,21-14-. The van der Waals surface area contributed by atoms with E-state index in [2.05, 4.69) is 14.9 Å². The molecule has 1 heterocycles. The summed E-state index contributed by atoms with van der Waals surface area (Å²) in [6.07, 6.45) is 3.19. The maximum absolute atomic E-state index is 12.4. The number of thioether (sulfide) groups is 1.